The summed E-state index contributed by atoms with van der Waals surface area (Å²) in [7, 11) is -3.57. The van der Waals surface area contributed by atoms with Crippen LogP contribution in [0, 0.1) is 0 Å². The molecule has 0 unspecified atom stereocenters. The van der Waals surface area contributed by atoms with Crippen molar-refractivity contribution in [1.82, 2.24) is 0 Å². The van der Waals surface area contributed by atoms with Gasteiger partial charge in [-0.1, -0.05) is 12.1 Å². The van der Waals surface area contributed by atoms with Gasteiger partial charge >= 0.3 is 0 Å². The van der Waals surface area contributed by atoms with E-state index in [1.165, 1.54) is 12.1 Å². The molecule has 1 aromatic carbocycles. The van der Waals surface area contributed by atoms with E-state index in [-0.39, 0.29) is 29.7 Å². The normalized spacial score (nSPS) is 9.86. The molecular weight excluding hydrogens is 247 g/mol. The van der Waals surface area contributed by atoms with Gasteiger partial charge in [-0.25, -0.2) is 13.6 Å². The summed E-state index contributed by atoms with van der Waals surface area (Å²) in [5, 5.41) is 4.89. The molecule has 0 saturated carbocycles. The maximum absolute atomic E-state index is 10.8. The molecule has 4 nitrogen and oxygen atoms in total. The van der Waals surface area contributed by atoms with Crippen LogP contribution in [0.15, 0.2) is 29.2 Å². The molecule has 4 N–H and O–H groups in total. The molecule has 0 saturated heterocycles. The maximum atomic E-state index is 10.8. The van der Waals surface area contributed by atoms with Crippen molar-refractivity contribution in [1.29, 1.82) is 0 Å². The first-order valence-electron chi connectivity index (χ1n) is 3.36. The number of nitrogens with two attached hydrogens (primary N) is 2. The second-order valence-corrected chi connectivity index (χ2v) is 3.95. The van der Waals surface area contributed by atoms with E-state index in [0.29, 0.717) is 6.54 Å². The van der Waals surface area contributed by atoms with Crippen molar-refractivity contribution in [3.8, 4) is 0 Å². The van der Waals surface area contributed by atoms with E-state index in [4.69, 9.17) is 10.9 Å². The Morgan fingerprint density at radius 1 is 1.07 bits per heavy atom. The van der Waals surface area contributed by atoms with Gasteiger partial charge in [0, 0.05) is 6.54 Å². The Hall–Kier alpha value is -0.330. The molecule has 0 heterocycles. The molecule has 7 heteroatoms. The lowest BCUT2D eigenvalue weighted by molar-refractivity contribution is 0.598. The highest BCUT2D eigenvalue weighted by Gasteiger charge is 2.05. The van der Waals surface area contributed by atoms with Crippen LogP contribution in [-0.4, -0.2) is 8.42 Å². The number of benzene rings is 1. The predicted molar refractivity (Wildman–Crippen MR) is 60.2 cm³/mol. The van der Waals surface area contributed by atoms with Crippen LogP contribution in [0.3, 0.4) is 0 Å². The minimum Gasteiger partial charge on any atom is -0.326 e. The van der Waals surface area contributed by atoms with E-state index in [9.17, 15) is 8.42 Å². The van der Waals surface area contributed by atoms with E-state index in [1.54, 1.807) is 12.1 Å². The summed E-state index contributed by atoms with van der Waals surface area (Å²) in [6.07, 6.45) is 0. The third-order valence-electron chi connectivity index (χ3n) is 1.49. The Labute approximate surface area is 95.5 Å². The molecule has 0 aliphatic carbocycles. The quantitative estimate of drug-likeness (QED) is 0.817. The smallest absolute Gasteiger partial charge is 0.238 e. The van der Waals surface area contributed by atoms with Crippen molar-refractivity contribution in [2.45, 2.75) is 11.4 Å². The first kappa shape index (κ1) is 16.1. The third-order valence-corrected chi connectivity index (χ3v) is 2.42. The average Bonchev–Trinajstić information content (AvgIpc) is 2.03. The Bertz CT molecular complexity index is 364. The molecule has 1 rings (SSSR count). The SMILES string of the molecule is Cl.Cl.NCc1ccc(S(N)(=O)=O)cc1. The largest absolute Gasteiger partial charge is 0.326 e. The Morgan fingerprint density at radius 2 is 1.50 bits per heavy atom. The van der Waals surface area contributed by atoms with E-state index < -0.39 is 10.0 Å². The van der Waals surface area contributed by atoms with Crippen LogP contribution >= 0.6 is 24.8 Å². The van der Waals surface area contributed by atoms with Crippen LogP contribution < -0.4 is 10.9 Å². The fraction of sp³-hybridized carbons (Fsp3) is 0.143. The van der Waals surface area contributed by atoms with Gasteiger partial charge in [-0.05, 0) is 17.7 Å². The van der Waals surface area contributed by atoms with Gasteiger partial charge in [0.05, 0.1) is 4.90 Å². The predicted octanol–water partition coefficient (Wildman–Crippen LogP) is 0.636. The van der Waals surface area contributed by atoms with E-state index >= 15 is 0 Å². The lowest BCUT2D eigenvalue weighted by Gasteiger charge is -1.98. The van der Waals surface area contributed by atoms with Gasteiger partial charge in [0.2, 0.25) is 10.0 Å². The number of sulfonamides is 1. The summed E-state index contributed by atoms with van der Waals surface area (Å²) in [5.41, 5.74) is 6.21. The third kappa shape index (κ3) is 4.26. The number of rotatable bonds is 2. The number of halogens is 2. The summed E-state index contributed by atoms with van der Waals surface area (Å²) in [6, 6.07) is 6.16. The van der Waals surface area contributed by atoms with Crippen LogP contribution in [0.25, 0.3) is 0 Å². The topological polar surface area (TPSA) is 86.2 Å². The summed E-state index contributed by atoms with van der Waals surface area (Å²) < 4.78 is 21.6. The van der Waals surface area contributed by atoms with Crippen LogP contribution in [0.4, 0.5) is 0 Å². The fourth-order valence-corrected chi connectivity index (χ4v) is 1.33. The number of hydrogen-bond acceptors (Lipinski definition) is 3. The van der Waals surface area contributed by atoms with Gasteiger partial charge in [0.1, 0.15) is 0 Å². The second-order valence-electron chi connectivity index (χ2n) is 2.39. The highest BCUT2D eigenvalue weighted by molar-refractivity contribution is 7.89. The van der Waals surface area contributed by atoms with Crippen molar-refractivity contribution in [3.63, 3.8) is 0 Å². The summed E-state index contributed by atoms with van der Waals surface area (Å²) >= 11 is 0. The first-order chi connectivity index (χ1) is 5.54. The van der Waals surface area contributed by atoms with Gasteiger partial charge in [-0.3, -0.25) is 0 Å². The molecule has 0 aliphatic heterocycles. The van der Waals surface area contributed by atoms with Crippen molar-refractivity contribution < 1.29 is 8.42 Å². The van der Waals surface area contributed by atoms with Gasteiger partial charge < -0.3 is 5.73 Å². The molecule has 0 fully saturated rings. The maximum Gasteiger partial charge on any atom is 0.238 e. The highest BCUT2D eigenvalue weighted by Crippen LogP contribution is 2.07. The minimum atomic E-state index is -3.57. The van der Waals surface area contributed by atoms with Crippen LogP contribution in [0.2, 0.25) is 0 Å². The zero-order valence-corrected chi connectivity index (χ0v) is 9.66. The van der Waals surface area contributed by atoms with Crippen molar-refractivity contribution in [2.24, 2.45) is 10.9 Å². The molecule has 0 bridgehead atoms. The molecule has 0 aliphatic rings. The first-order valence-corrected chi connectivity index (χ1v) is 4.90. The van der Waals surface area contributed by atoms with Gasteiger partial charge in [-0.15, -0.1) is 24.8 Å². The van der Waals surface area contributed by atoms with Gasteiger partial charge in [0.25, 0.3) is 0 Å². The van der Waals surface area contributed by atoms with E-state index in [1.807, 2.05) is 0 Å². The van der Waals surface area contributed by atoms with Crippen LogP contribution in [0.5, 0.6) is 0 Å². The molecule has 0 amide bonds. The van der Waals surface area contributed by atoms with Crippen molar-refractivity contribution in [2.75, 3.05) is 0 Å². The number of primary sulfonamides is 1. The summed E-state index contributed by atoms with van der Waals surface area (Å²) in [6.45, 7) is 0.394. The molecule has 82 valence electrons. The molecule has 0 aromatic heterocycles. The van der Waals surface area contributed by atoms with Crippen LogP contribution in [-0.2, 0) is 16.6 Å². The number of hydrogen-bond donors (Lipinski definition) is 2. The zero-order valence-electron chi connectivity index (χ0n) is 7.21. The molecule has 14 heavy (non-hydrogen) atoms. The lowest BCUT2D eigenvalue weighted by Crippen LogP contribution is -2.12. The minimum absolute atomic E-state index is 0. The van der Waals surface area contributed by atoms with E-state index in [0.717, 1.165) is 5.56 Å². The average molecular weight is 259 g/mol. The molecule has 0 radical (unpaired) electrons. The summed E-state index contributed by atoms with van der Waals surface area (Å²) in [4.78, 5) is 0.111. The standard InChI is InChI=1S/C7H10N2O2S.2ClH/c8-5-6-1-3-7(4-2-6)12(9,10)11;;/h1-4H,5,8H2,(H2,9,10,11);2*1H. The van der Waals surface area contributed by atoms with Crippen molar-refractivity contribution in [3.05, 3.63) is 29.8 Å². The monoisotopic (exact) mass is 258 g/mol. The molecular formula is C7H12Cl2N2O2S. The van der Waals surface area contributed by atoms with E-state index in [2.05, 4.69) is 0 Å². The molecule has 0 atom stereocenters. The van der Waals surface area contributed by atoms with Gasteiger partial charge in [-0.2, -0.15) is 0 Å². The Balaban J connectivity index is 0. The van der Waals surface area contributed by atoms with Crippen molar-refractivity contribution >= 4 is 34.8 Å². The van der Waals surface area contributed by atoms with Gasteiger partial charge in [0.15, 0.2) is 0 Å². The second kappa shape index (κ2) is 6.21. The lowest BCUT2D eigenvalue weighted by atomic mass is 10.2. The Morgan fingerprint density at radius 3 is 1.79 bits per heavy atom. The molecule has 0 spiro atoms. The summed E-state index contributed by atoms with van der Waals surface area (Å²) in [5.74, 6) is 0. The Kier molecular flexibility index (Phi) is 7.15. The molecule has 1 aromatic rings. The zero-order chi connectivity index (χ0) is 9.19. The highest BCUT2D eigenvalue weighted by atomic mass is 35.5. The fourth-order valence-electron chi connectivity index (χ4n) is 0.815. The van der Waals surface area contributed by atoms with Crippen LogP contribution in [0.1, 0.15) is 5.56 Å².